The number of hydrogen-bond acceptors (Lipinski definition) is 6. The van der Waals surface area contributed by atoms with Gasteiger partial charge in [0.25, 0.3) is 20.2 Å². The van der Waals surface area contributed by atoms with Crippen LogP contribution in [0.3, 0.4) is 0 Å². The summed E-state index contributed by atoms with van der Waals surface area (Å²) in [5.74, 6) is 0. The molecule has 8 nitrogen and oxygen atoms in total. The van der Waals surface area contributed by atoms with Gasteiger partial charge in [-0.2, -0.15) is 16.8 Å². The van der Waals surface area contributed by atoms with E-state index < -0.39 is 31.1 Å². The van der Waals surface area contributed by atoms with Crippen LogP contribution in [-0.4, -0.2) is 84.7 Å². The van der Waals surface area contributed by atoms with E-state index in [1.807, 2.05) is 0 Å². The van der Waals surface area contributed by atoms with Crippen LogP contribution in [0.4, 0.5) is 0 Å². The number of rotatable bonds is 3. The fourth-order valence-corrected chi connectivity index (χ4v) is 1.73. The maximum atomic E-state index is 9.99. The molecular weight excluding hydrogens is 230 g/mol. The van der Waals surface area contributed by atoms with E-state index in [2.05, 4.69) is 0 Å². The molecule has 0 aliphatic carbocycles. The van der Waals surface area contributed by atoms with Crippen molar-refractivity contribution in [3.05, 3.63) is 0 Å². The minimum Gasteiger partial charge on any atom is -0.372 e. The SMILES string of the molecule is O=S(=O)(O)C(O)C(O)S(=O)(=O)O.[Li].[Li]. The first-order valence-corrected chi connectivity index (χ1v) is 5.36. The Morgan fingerprint density at radius 1 is 0.714 bits per heavy atom. The zero-order valence-corrected chi connectivity index (χ0v) is 9.03. The molecule has 0 heterocycles. The van der Waals surface area contributed by atoms with Crippen molar-refractivity contribution in [2.24, 2.45) is 0 Å². The second-order valence-corrected chi connectivity index (χ2v) is 4.84. The van der Waals surface area contributed by atoms with E-state index in [-0.39, 0.29) is 37.7 Å². The van der Waals surface area contributed by atoms with Crippen LogP contribution in [0.15, 0.2) is 0 Å². The first kappa shape index (κ1) is 20.4. The number of aliphatic hydroxyl groups is 2. The largest absolute Gasteiger partial charge is 0.372 e. The Labute approximate surface area is 105 Å². The molecule has 0 spiro atoms. The first-order chi connectivity index (χ1) is 5.07. The molecule has 0 amide bonds. The predicted molar refractivity (Wildman–Crippen MR) is 46.6 cm³/mol. The van der Waals surface area contributed by atoms with Crippen molar-refractivity contribution in [3.63, 3.8) is 0 Å². The molecule has 76 valence electrons. The topological polar surface area (TPSA) is 149 Å². The summed E-state index contributed by atoms with van der Waals surface area (Å²) in [7, 11) is -10.2. The molecule has 2 unspecified atom stereocenters. The van der Waals surface area contributed by atoms with Crippen LogP contribution in [0.25, 0.3) is 0 Å². The molecule has 0 aromatic carbocycles. The third kappa shape index (κ3) is 6.42. The molecule has 14 heavy (non-hydrogen) atoms. The molecule has 0 aromatic rings. The molecular formula is C2H6Li2O8S2. The van der Waals surface area contributed by atoms with Gasteiger partial charge in [-0.05, 0) is 0 Å². The zero-order chi connectivity index (χ0) is 10.2. The Balaban J connectivity index is -0.000000605. The van der Waals surface area contributed by atoms with Crippen molar-refractivity contribution >= 4 is 58.0 Å². The summed E-state index contributed by atoms with van der Waals surface area (Å²) in [6, 6.07) is 0. The van der Waals surface area contributed by atoms with Crippen LogP contribution < -0.4 is 0 Å². The average Bonchev–Trinajstić information content (AvgIpc) is 1.80. The Morgan fingerprint density at radius 3 is 0.929 bits per heavy atom. The van der Waals surface area contributed by atoms with E-state index in [0.717, 1.165) is 0 Å². The van der Waals surface area contributed by atoms with Gasteiger partial charge < -0.3 is 10.2 Å². The van der Waals surface area contributed by atoms with Crippen LogP contribution >= 0.6 is 0 Å². The Morgan fingerprint density at radius 2 is 0.857 bits per heavy atom. The van der Waals surface area contributed by atoms with Gasteiger partial charge in [0.1, 0.15) is 0 Å². The van der Waals surface area contributed by atoms with E-state index in [1.165, 1.54) is 0 Å². The van der Waals surface area contributed by atoms with E-state index in [4.69, 9.17) is 19.3 Å². The third-order valence-corrected chi connectivity index (χ3v) is 2.76. The number of aliphatic hydroxyl groups excluding tert-OH is 2. The summed E-state index contributed by atoms with van der Waals surface area (Å²) < 4.78 is 56.0. The molecule has 0 rings (SSSR count). The summed E-state index contributed by atoms with van der Waals surface area (Å²) in [6.07, 6.45) is 0. The normalized spacial score (nSPS) is 16.0. The van der Waals surface area contributed by atoms with Gasteiger partial charge in [0.15, 0.2) is 0 Å². The Bertz CT molecular complexity index is 308. The molecule has 0 saturated carbocycles. The van der Waals surface area contributed by atoms with Gasteiger partial charge in [-0.15, -0.1) is 0 Å². The fraction of sp³-hybridized carbons (Fsp3) is 1.00. The Hall–Kier alpha value is 0.935. The van der Waals surface area contributed by atoms with Crippen LogP contribution in [0, 0.1) is 0 Å². The van der Waals surface area contributed by atoms with Crippen LogP contribution in [0.1, 0.15) is 0 Å². The van der Waals surface area contributed by atoms with Gasteiger partial charge >= 0.3 is 0 Å². The van der Waals surface area contributed by atoms with E-state index in [0.29, 0.717) is 0 Å². The minimum atomic E-state index is -5.12. The second kappa shape index (κ2) is 6.50. The quantitative estimate of drug-likeness (QED) is 0.293. The molecule has 12 heteroatoms. The molecule has 0 aliphatic rings. The van der Waals surface area contributed by atoms with Gasteiger partial charge in [-0.1, -0.05) is 0 Å². The average molecular weight is 236 g/mol. The van der Waals surface area contributed by atoms with Crippen LogP contribution in [-0.2, 0) is 20.2 Å². The fourth-order valence-electron chi connectivity index (χ4n) is 0.294. The van der Waals surface area contributed by atoms with Crippen molar-refractivity contribution in [2.45, 2.75) is 10.9 Å². The minimum absolute atomic E-state index is 0. The van der Waals surface area contributed by atoms with Crippen molar-refractivity contribution in [3.8, 4) is 0 Å². The monoisotopic (exact) mass is 236 g/mol. The Kier molecular flexibility index (Phi) is 9.46. The van der Waals surface area contributed by atoms with Crippen molar-refractivity contribution < 1.29 is 36.2 Å². The maximum absolute atomic E-state index is 9.99. The van der Waals surface area contributed by atoms with Gasteiger partial charge in [-0.3, -0.25) is 9.11 Å². The number of hydrogen-bond donors (Lipinski definition) is 4. The van der Waals surface area contributed by atoms with Crippen molar-refractivity contribution in [1.82, 2.24) is 0 Å². The van der Waals surface area contributed by atoms with Gasteiger partial charge in [0.2, 0.25) is 10.9 Å². The second-order valence-electron chi connectivity index (χ2n) is 1.81. The van der Waals surface area contributed by atoms with Crippen LogP contribution in [0.5, 0.6) is 0 Å². The summed E-state index contributed by atoms with van der Waals surface area (Å²) in [4.78, 5) is 0. The molecule has 0 aromatic heterocycles. The molecule has 0 bridgehead atoms. The molecule has 0 aliphatic heterocycles. The smallest absolute Gasteiger partial charge is 0.295 e. The van der Waals surface area contributed by atoms with Crippen molar-refractivity contribution in [2.75, 3.05) is 0 Å². The zero-order valence-electron chi connectivity index (χ0n) is 7.39. The molecule has 0 saturated heterocycles. The predicted octanol–water partition coefficient (Wildman–Crippen LogP) is -3.36. The summed E-state index contributed by atoms with van der Waals surface area (Å²) in [6.45, 7) is 0. The summed E-state index contributed by atoms with van der Waals surface area (Å²) in [5, 5.41) is 16.7. The van der Waals surface area contributed by atoms with Gasteiger partial charge in [0, 0.05) is 37.7 Å². The first-order valence-electron chi connectivity index (χ1n) is 2.35. The summed E-state index contributed by atoms with van der Waals surface area (Å²) >= 11 is 0. The van der Waals surface area contributed by atoms with Gasteiger partial charge in [-0.25, -0.2) is 0 Å². The molecule has 2 atom stereocenters. The van der Waals surface area contributed by atoms with Crippen LogP contribution in [0.2, 0.25) is 0 Å². The van der Waals surface area contributed by atoms with E-state index in [1.54, 1.807) is 0 Å². The maximum Gasteiger partial charge on any atom is 0.295 e. The van der Waals surface area contributed by atoms with E-state index in [9.17, 15) is 16.8 Å². The summed E-state index contributed by atoms with van der Waals surface area (Å²) in [5.41, 5.74) is -5.96. The third-order valence-electron chi connectivity index (χ3n) is 0.854. The molecule has 4 N–H and O–H groups in total. The van der Waals surface area contributed by atoms with Crippen molar-refractivity contribution in [1.29, 1.82) is 0 Å². The molecule has 2 radical (unpaired) electrons. The standard InChI is InChI=1S/C2H6O8S2.2Li/c3-1(11(5,6)7)2(4)12(8,9)10;;/h1-4H,(H,5,6,7)(H,8,9,10);;. The van der Waals surface area contributed by atoms with E-state index >= 15 is 0 Å². The van der Waals surface area contributed by atoms with Gasteiger partial charge in [0.05, 0.1) is 0 Å². The molecule has 0 fully saturated rings.